The average Bonchev–Trinajstić information content (AvgIpc) is 3.67. The van der Waals surface area contributed by atoms with E-state index < -0.39 is 5.60 Å². The highest BCUT2D eigenvalue weighted by atomic mass is 16.6. The Labute approximate surface area is 367 Å². The number of ether oxygens (including phenoxy) is 5. The maximum absolute atomic E-state index is 11.4. The van der Waals surface area contributed by atoms with E-state index in [0.717, 1.165) is 38.5 Å². The van der Waals surface area contributed by atoms with Crippen LogP contribution >= 0.6 is 0 Å². The number of carbonyl (C=O) groups excluding carboxylic acids is 5. The zero-order valence-electron chi connectivity index (χ0n) is 41.8. The third-order valence-corrected chi connectivity index (χ3v) is 9.52. The lowest BCUT2D eigenvalue weighted by molar-refractivity contribution is -0.157. The predicted octanol–water partition coefficient (Wildman–Crippen LogP) is 13.0. The first-order valence-corrected chi connectivity index (χ1v) is 21.5. The Bertz CT molecular complexity index is 1420. The first-order valence-electron chi connectivity index (χ1n) is 21.5. The van der Waals surface area contributed by atoms with E-state index in [0.29, 0.717) is 33.8 Å². The fourth-order valence-corrected chi connectivity index (χ4v) is 5.05. The maximum Gasteiger partial charge on any atom is 0.333 e. The third kappa shape index (κ3) is 31.0. The van der Waals surface area contributed by atoms with Crippen molar-refractivity contribution in [3.63, 3.8) is 0 Å². The zero-order valence-corrected chi connectivity index (χ0v) is 41.8. The van der Waals surface area contributed by atoms with Crippen molar-refractivity contribution < 1.29 is 47.7 Å². The zero-order chi connectivity index (χ0) is 48.5. The molecule has 0 heterocycles. The van der Waals surface area contributed by atoms with E-state index in [1.165, 1.54) is 25.7 Å². The minimum Gasteiger partial charge on any atom is -0.457 e. The molecular formula is C50H88O10. The van der Waals surface area contributed by atoms with Gasteiger partial charge in [0, 0.05) is 27.9 Å². The molecular weight excluding hydrogens is 761 g/mol. The molecule has 1 rings (SSSR count). The summed E-state index contributed by atoms with van der Waals surface area (Å²) in [4.78, 5) is 55.7. The second kappa shape index (κ2) is 29.3. The summed E-state index contributed by atoms with van der Waals surface area (Å²) in [7, 11) is 0. The van der Waals surface area contributed by atoms with Crippen LogP contribution in [0, 0.1) is 5.92 Å². The van der Waals surface area contributed by atoms with Crippen molar-refractivity contribution in [3.05, 3.63) is 60.8 Å². The number of carbonyl (C=O) groups is 5. The smallest absolute Gasteiger partial charge is 0.333 e. The molecule has 10 nitrogen and oxygen atoms in total. The second-order valence-electron chi connectivity index (χ2n) is 18.4. The molecule has 0 unspecified atom stereocenters. The van der Waals surface area contributed by atoms with E-state index in [2.05, 4.69) is 39.8 Å². The number of rotatable bonds is 16. The van der Waals surface area contributed by atoms with Gasteiger partial charge in [-0.15, -0.1) is 0 Å². The van der Waals surface area contributed by atoms with E-state index in [1.54, 1.807) is 34.6 Å². The van der Waals surface area contributed by atoms with Crippen LogP contribution in [-0.2, 0) is 47.7 Å². The second-order valence-corrected chi connectivity index (χ2v) is 18.4. The molecule has 0 atom stereocenters. The standard InChI is InChI=1S/C12H20O2.C11H20O2.C10H18O2.C9H16O2.C8H14O2/c1-9(2)11(13)14-12(3,4)10-7-5-6-8-10;1-6-11(7-2,8-3)13-10(12)9(4)5;1-6-7-10(4,5)12-9(11)8(2)3;1-6-9(4,5)11-8(10)7(2)3;1-6(2)7(9)10-8(3,4)5/h10H,1,5-8H2,2-4H3;4,6-8H2,1-3,5H3;2,6-7H2,1,3-5H3;2,6H2,1,3-5H3;1H2,2-5H3. The highest BCUT2D eigenvalue weighted by molar-refractivity contribution is 5.88. The van der Waals surface area contributed by atoms with Gasteiger partial charge in [-0.25, -0.2) is 24.0 Å². The molecule has 0 aromatic carbocycles. The Balaban J connectivity index is -0.000000328. The summed E-state index contributed by atoms with van der Waals surface area (Å²) in [6.45, 7) is 53.2. The lowest BCUT2D eigenvalue weighted by Crippen LogP contribution is -2.35. The van der Waals surface area contributed by atoms with Crippen LogP contribution in [0.25, 0.3) is 0 Å². The molecule has 0 radical (unpaired) electrons. The highest BCUT2D eigenvalue weighted by Crippen LogP contribution is 2.36. The largest absolute Gasteiger partial charge is 0.457 e. The molecule has 348 valence electrons. The van der Waals surface area contributed by atoms with Crippen molar-refractivity contribution >= 4 is 29.8 Å². The number of hydrogen-bond donors (Lipinski definition) is 0. The van der Waals surface area contributed by atoms with Crippen molar-refractivity contribution in [2.75, 3.05) is 0 Å². The minimum atomic E-state index is -0.407. The molecule has 0 spiro atoms. The van der Waals surface area contributed by atoms with E-state index in [4.69, 9.17) is 23.7 Å². The average molecular weight is 849 g/mol. The Kier molecular flexibility index (Phi) is 30.6. The lowest BCUT2D eigenvalue weighted by atomic mass is 9.89. The monoisotopic (exact) mass is 849 g/mol. The van der Waals surface area contributed by atoms with Gasteiger partial charge in [0.2, 0.25) is 0 Å². The Morgan fingerprint density at radius 1 is 0.450 bits per heavy atom. The first kappa shape index (κ1) is 62.7. The summed E-state index contributed by atoms with van der Waals surface area (Å²) >= 11 is 0. The van der Waals surface area contributed by atoms with Gasteiger partial charge in [-0.2, -0.15) is 0 Å². The van der Waals surface area contributed by atoms with Gasteiger partial charge in [0.1, 0.15) is 28.0 Å². The van der Waals surface area contributed by atoms with Gasteiger partial charge in [-0.3, -0.25) is 0 Å². The summed E-state index contributed by atoms with van der Waals surface area (Å²) in [5.74, 6) is -0.948. The first-order chi connectivity index (χ1) is 27.0. The molecule has 1 fully saturated rings. The van der Waals surface area contributed by atoms with Crippen molar-refractivity contribution in [2.24, 2.45) is 5.92 Å². The molecule has 1 aliphatic rings. The third-order valence-electron chi connectivity index (χ3n) is 9.52. The minimum absolute atomic E-state index is 0.262. The van der Waals surface area contributed by atoms with E-state index in [9.17, 15) is 24.0 Å². The summed E-state index contributed by atoms with van der Waals surface area (Å²) in [6, 6.07) is 0. The topological polar surface area (TPSA) is 132 Å². The van der Waals surface area contributed by atoms with Gasteiger partial charge in [-0.05, 0) is 148 Å². The summed E-state index contributed by atoms with van der Waals surface area (Å²) in [5, 5.41) is 0. The van der Waals surface area contributed by atoms with Crippen molar-refractivity contribution in [2.45, 2.75) is 224 Å². The number of esters is 5. The van der Waals surface area contributed by atoms with Gasteiger partial charge in [-0.1, -0.05) is 86.8 Å². The summed E-state index contributed by atoms with van der Waals surface area (Å²) < 4.78 is 26.1. The fourth-order valence-electron chi connectivity index (χ4n) is 5.05. The van der Waals surface area contributed by atoms with Gasteiger partial charge >= 0.3 is 29.8 Å². The molecule has 0 aromatic rings. The molecule has 0 amide bonds. The molecule has 1 saturated carbocycles. The summed E-state index contributed by atoms with van der Waals surface area (Å²) in [5.41, 5.74) is 0.566. The van der Waals surface area contributed by atoms with Crippen LogP contribution in [-0.4, -0.2) is 57.9 Å². The fraction of sp³-hybridized carbons (Fsp3) is 0.700. The SMILES string of the molecule is C=C(C)C(=O)OC(C)(C)C.C=C(C)C(=O)OC(C)(C)C1CCCC1.C=C(C)C(=O)OC(C)(C)CC.C=C(C)C(=O)OC(C)(C)CCC.C=C(C)C(=O)OC(CC)(CC)CC. The van der Waals surface area contributed by atoms with Gasteiger partial charge in [0.25, 0.3) is 0 Å². The molecule has 0 N–H and O–H groups in total. The van der Waals surface area contributed by atoms with E-state index in [-0.39, 0.29) is 52.3 Å². The molecule has 60 heavy (non-hydrogen) atoms. The quantitative estimate of drug-likeness (QED) is 0.0840. The van der Waals surface area contributed by atoms with Gasteiger partial charge in [0.05, 0.1) is 0 Å². The highest BCUT2D eigenvalue weighted by Gasteiger charge is 2.35. The van der Waals surface area contributed by atoms with Gasteiger partial charge < -0.3 is 23.7 Å². The Morgan fingerprint density at radius 3 is 1.02 bits per heavy atom. The Hall–Kier alpha value is -3.95. The van der Waals surface area contributed by atoms with Crippen LogP contribution in [0.3, 0.4) is 0 Å². The predicted molar refractivity (Wildman–Crippen MR) is 247 cm³/mol. The van der Waals surface area contributed by atoms with Crippen LogP contribution in [0.5, 0.6) is 0 Å². The Morgan fingerprint density at radius 2 is 0.750 bits per heavy atom. The normalized spacial score (nSPS) is 12.7. The number of hydrogen-bond acceptors (Lipinski definition) is 10. The molecule has 0 saturated heterocycles. The van der Waals surface area contributed by atoms with Crippen molar-refractivity contribution in [3.8, 4) is 0 Å². The van der Waals surface area contributed by atoms with Crippen LogP contribution in [0.2, 0.25) is 0 Å². The van der Waals surface area contributed by atoms with Crippen LogP contribution in [0.1, 0.15) is 196 Å². The lowest BCUT2D eigenvalue weighted by Gasteiger charge is -2.31. The molecule has 10 heteroatoms. The molecule has 0 aliphatic heterocycles. The maximum atomic E-state index is 11.4. The molecule has 1 aliphatic carbocycles. The van der Waals surface area contributed by atoms with Crippen LogP contribution < -0.4 is 0 Å². The summed E-state index contributed by atoms with van der Waals surface area (Å²) in [6.07, 6.45) is 10.2. The van der Waals surface area contributed by atoms with Crippen LogP contribution in [0.15, 0.2) is 60.8 Å². The van der Waals surface area contributed by atoms with E-state index >= 15 is 0 Å². The van der Waals surface area contributed by atoms with Crippen molar-refractivity contribution in [1.29, 1.82) is 0 Å². The molecule has 0 bridgehead atoms. The van der Waals surface area contributed by atoms with Crippen molar-refractivity contribution in [1.82, 2.24) is 0 Å². The molecule has 0 aromatic heterocycles. The van der Waals surface area contributed by atoms with E-state index in [1.807, 2.05) is 90.0 Å². The van der Waals surface area contributed by atoms with Gasteiger partial charge in [0.15, 0.2) is 0 Å². The van der Waals surface area contributed by atoms with Crippen LogP contribution in [0.4, 0.5) is 0 Å².